The highest BCUT2D eigenvalue weighted by Gasteiger charge is 2.08. The molecule has 0 amide bonds. The zero-order valence-corrected chi connectivity index (χ0v) is 12.5. The van der Waals surface area contributed by atoms with Crippen molar-refractivity contribution in [1.82, 2.24) is 15.1 Å². The van der Waals surface area contributed by atoms with Gasteiger partial charge in [-0.1, -0.05) is 29.3 Å². The Hall–Kier alpha value is -1.03. The van der Waals surface area contributed by atoms with E-state index in [4.69, 9.17) is 23.2 Å². The molecule has 0 fully saturated rings. The number of hydrogen-bond acceptors (Lipinski definition) is 2. The molecule has 0 radical (unpaired) electrons. The number of benzene rings is 1. The van der Waals surface area contributed by atoms with Crippen LogP contribution in [0.1, 0.15) is 24.2 Å². The van der Waals surface area contributed by atoms with Gasteiger partial charge in [-0.05, 0) is 43.7 Å². The quantitative estimate of drug-likeness (QED) is 0.913. The van der Waals surface area contributed by atoms with Gasteiger partial charge in [-0.15, -0.1) is 0 Å². The van der Waals surface area contributed by atoms with Gasteiger partial charge in [-0.3, -0.25) is 4.68 Å². The van der Waals surface area contributed by atoms with Gasteiger partial charge >= 0.3 is 0 Å². The van der Waals surface area contributed by atoms with Gasteiger partial charge in [0.2, 0.25) is 0 Å². The van der Waals surface area contributed by atoms with Crippen molar-refractivity contribution in [2.45, 2.75) is 19.4 Å². The van der Waals surface area contributed by atoms with Crippen LogP contribution in [0.15, 0.2) is 30.5 Å². The minimum atomic E-state index is 0.263. The van der Waals surface area contributed by atoms with Crippen LogP contribution in [0.3, 0.4) is 0 Å². The van der Waals surface area contributed by atoms with Crippen molar-refractivity contribution in [3.05, 3.63) is 51.8 Å². The predicted molar refractivity (Wildman–Crippen MR) is 79.8 cm³/mol. The molecule has 1 aromatic heterocycles. The number of nitrogens with one attached hydrogen (secondary N) is 1. The van der Waals surface area contributed by atoms with Gasteiger partial charge in [0, 0.05) is 29.3 Å². The number of rotatable bonds is 5. The van der Waals surface area contributed by atoms with Gasteiger partial charge in [-0.2, -0.15) is 5.10 Å². The first-order valence-corrected chi connectivity index (χ1v) is 6.98. The third kappa shape index (κ3) is 3.72. The maximum Gasteiger partial charge on any atom is 0.0547 e. The standard InChI is InChI=1S/C14H17Cl2N3/c1-10(14-6-8-18-19(14)2)17-7-5-11-3-4-12(15)9-13(11)16/h3-4,6,8-10,17H,5,7H2,1-2H3. The molecule has 0 spiro atoms. The summed E-state index contributed by atoms with van der Waals surface area (Å²) in [7, 11) is 1.95. The Morgan fingerprint density at radius 2 is 2.11 bits per heavy atom. The minimum absolute atomic E-state index is 0.263. The van der Waals surface area contributed by atoms with E-state index in [9.17, 15) is 0 Å². The molecule has 3 nitrogen and oxygen atoms in total. The van der Waals surface area contributed by atoms with Crippen molar-refractivity contribution >= 4 is 23.2 Å². The van der Waals surface area contributed by atoms with E-state index in [0.717, 1.165) is 23.6 Å². The monoisotopic (exact) mass is 297 g/mol. The minimum Gasteiger partial charge on any atom is -0.309 e. The van der Waals surface area contributed by atoms with Crippen molar-refractivity contribution < 1.29 is 0 Å². The Morgan fingerprint density at radius 3 is 2.74 bits per heavy atom. The predicted octanol–water partition coefficient (Wildman–Crippen LogP) is 3.62. The van der Waals surface area contributed by atoms with E-state index in [0.29, 0.717) is 5.02 Å². The van der Waals surface area contributed by atoms with E-state index in [1.807, 2.05) is 36.1 Å². The van der Waals surface area contributed by atoms with E-state index >= 15 is 0 Å². The van der Waals surface area contributed by atoms with Crippen molar-refractivity contribution in [1.29, 1.82) is 0 Å². The second-order valence-electron chi connectivity index (χ2n) is 4.54. The topological polar surface area (TPSA) is 29.9 Å². The zero-order chi connectivity index (χ0) is 13.8. The maximum atomic E-state index is 6.14. The van der Waals surface area contributed by atoms with Gasteiger partial charge in [0.05, 0.1) is 5.69 Å². The average molecular weight is 298 g/mol. The van der Waals surface area contributed by atoms with Crippen LogP contribution in [-0.4, -0.2) is 16.3 Å². The first-order valence-electron chi connectivity index (χ1n) is 6.23. The average Bonchev–Trinajstić information content (AvgIpc) is 2.78. The summed E-state index contributed by atoms with van der Waals surface area (Å²) in [5.74, 6) is 0. The summed E-state index contributed by atoms with van der Waals surface area (Å²) in [5, 5.41) is 9.03. The summed E-state index contributed by atoms with van der Waals surface area (Å²) in [5.41, 5.74) is 2.28. The fourth-order valence-electron chi connectivity index (χ4n) is 2.06. The normalized spacial score (nSPS) is 12.6. The molecular weight excluding hydrogens is 281 g/mol. The zero-order valence-electron chi connectivity index (χ0n) is 11.0. The molecule has 0 aliphatic carbocycles. The SMILES string of the molecule is CC(NCCc1ccc(Cl)cc1Cl)c1ccnn1C. The molecule has 0 aliphatic heterocycles. The summed E-state index contributed by atoms with van der Waals surface area (Å²) in [6.07, 6.45) is 2.68. The molecule has 1 N–H and O–H groups in total. The van der Waals surface area contributed by atoms with Gasteiger partial charge in [-0.25, -0.2) is 0 Å². The fourth-order valence-corrected chi connectivity index (χ4v) is 2.56. The lowest BCUT2D eigenvalue weighted by atomic mass is 10.1. The molecule has 1 aromatic carbocycles. The number of halogens is 2. The summed E-state index contributed by atoms with van der Waals surface area (Å²) >= 11 is 12.0. The van der Waals surface area contributed by atoms with E-state index in [2.05, 4.69) is 17.3 Å². The van der Waals surface area contributed by atoms with Crippen molar-refractivity contribution in [3.8, 4) is 0 Å². The van der Waals surface area contributed by atoms with E-state index < -0.39 is 0 Å². The molecule has 1 heterocycles. The largest absolute Gasteiger partial charge is 0.309 e. The van der Waals surface area contributed by atoms with Gasteiger partial charge < -0.3 is 5.32 Å². The summed E-state index contributed by atoms with van der Waals surface area (Å²) in [4.78, 5) is 0. The van der Waals surface area contributed by atoms with Gasteiger partial charge in [0.1, 0.15) is 0 Å². The summed E-state index contributed by atoms with van der Waals surface area (Å²) in [6.45, 7) is 2.98. The van der Waals surface area contributed by atoms with Crippen LogP contribution in [0.2, 0.25) is 10.0 Å². The summed E-state index contributed by atoms with van der Waals surface area (Å²) < 4.78 is 1.88. The maximum absolute atomic E-state index is 6.14. The highest BCUT2D eigenvalue weighted by atomic mass is 35.5. The molecule has 2 aromatic rings. The molecule has 2 rings (SSSR count). The molecular formula is C14H17Cl2N3. The smallest absolute Gasteiger partial charge is 0.0547 e. The molecule has 0 aliphatic rings. The first-order chi connectivity index (χ1) is 9.08. The van der Waals surface area contributed by atoms with Crippen molar-refractivity contribution in [2.75, 3.05) is 6.54 Å². The van der Waals surface area contributed by atoms with Crippen LogP contribution in [0.5, 0.6) is 0 Å². The Morgan fingerprint density at radius 1 is 1.32 bits per heavy atom. The molecule has 0 saturated carbocycles. The van der Waals surface area contributed by atoms with E-state index in [1.54, 1.807) is 6.07 Å². The van der Waals surface area contributed by atoms with Crippen LogP contribution in [0.4, 0.5) is 0 Å². The molecule has 0 bridgehead atoms. The Bertz CT molecular complexity index is 551. The second-order valence-corrected chi connectivity index (χ2v) is 5.38. The third-order valence-electron chi connectivity index (χ3n) is 3.16. The van der Waals surface area contributed by atoms with Crippen LogP contribution in [0, 0.1) is 0 Å². The highest BCUT2D eigenvalue weighted by molar-refractivity contribution is 6.35. The first kappa shape index (κ1) is 14.4. The van der Waals surface area contributed by atoms with Crippen LogP contribution >= 0.6 is 23.2 Å². The molecule has 1 unspecified atom stereocenters. The number of hydrogen-bond donors (Lipinski definition) is 1. The third-order valence-corrected chi connectivity index (χ3v) is 3.75. The lowest BCUT2D eigenvalue weighted by molar-refractivity contribution is 0.533. The van der Waals surface area contributed by atoms with Crippen LogP contribution < -0.4 is 5.32 Å². The van der Waals surface area contributed by atoms with Gasteiger partial charge in [0.25, 0.3) is 0 Å². The Kier molecular flexibility index (Phi) is 4.86. The number of aryl methyl sites for hydroxylation is 1. The van der Waals surface area contributed by atoms with Crippen LogP contribution in [-0.2, 0) is 13.5 Å². The second kappa shape index (κ2) is 6.42. The fraction of sp³-hybridized carbons (Fsp3) is 0.357. The summed E-state index contributed by atoms with van der Waals surface area (Å²) in [6, 6.07) is 7.91. The van der Waals surface area contributed by atoms with E-state index in [1.165, 1.54) is 5.69 Å². The van der Waals surface area contributed by atoms with Crippen LogP contribution in [0.25, 0.3) is 0 Å². The Labute approximate surface area is 123 Å². The van der Waals surface area contributed by atoms with Gasteiger partial charge in [0.15, 0.2) is 0 Å². The molecule has 19 heavy (non-hydrogen) atoms. The van der Waals surface area contributed by atoms with Crippen molar-refractivity contribution in [2.24, 2.45) is 7.05 Å². The lowest BCUT2D eigenvalue weighted by Gasteiger charge is -2.14. The molecule has 1 atom stereocenters. The molecule has 5 heteroatoms. The van der Waals surface area contributed by atoms with E-state index in [-0.39, 0.29) is 6.04 Å². The molecule has 102 valence electrons. The number of nitrogens with zero attached hydrogens (tertiary/aromatic N) is 2. The van der Waals surface area contributed by atoms with Crippen molar-refractivity contribution in [3.63, 3.8) is 0 Å². The highest BCUT2D eigenvalue weighted by Crippen LogP contribution is 2.21. The Balaban J connectivity index is 1.88. The number of aromatic nitrogens is 2. The molecule has 0 saturated heterocycles. The lowest BCUT2D eigenvalue weighted by Crippen LogP contribution is -2.23.